The van der Waals surface area contributed by atoms with Crippen molar-refractivity contribution in [1.29, 1.82) is 0 Å². The second-order valence-corrected chi connectivity index (χ2v) is 5.05. The average Bonchev–Trinajstić information content (AvgIpc) is 3.10. The molecule has 2 heterocycles. The quantitative estimate of drug-likeness (QED) is 0.890. The number of amides is 2. The van der Waals surface area contributed by atoms with E-state index in [-0.39, 0.29) is 18.7 Å². The molecule has 2 amide bonds. The Kier molecular flexibility index (Phi) is 4.36. The average molecular weight is 302 g/mol. The number of anilines is 1. The second kappa shape index (κ2) is 6.59. The van der Waals surface area contributed by atoms with Crippen LogP contribution >= 0.6 is 0 Å². The first-order valence-corrected chi connectivity index (χ1v) is 7.12. The minimum Gasteiger partial charge on any atom is -0.394 e. The smallest absolute Gasteiger partial charge is 0.322 e. The molecular weight excluding hydrogens is 284 g/mol. The summed E-state index contributed by atoms with van der Waals surface area (Å²) in [5.74, 6) is 0. The van der Waals surface area contributed by atoms with Crippen LogP contribution in [0.5, 0.6) is 0 Å². The summed E-state index contributed by atoms with van der Waals surface area (Å²) in [5.41, 5.74) is 1.67. The van der Waals surface area contributed by atoms with Gasteiger partial charge in [0.05, 0.1) is 32.2 Å². The Morgan fingerprint density at radius 3 is 2.91 bits per heavy atom. The van der Waals surface area contributed by atoms with Gasteiger partial charge in [-0.05, 0) is 24.3 Å². The number of morpholine rings is 1. The van der Waals surface area contributed by atoms with E-state index in [0.29, 0.717) is 25.4 Å². The minimum absolute atomic E-state index is 0.104. The van der Waals surface area contributed by atoms with Gasteiger partial charge in [-0.1, -0.05) is 0 Å². The van der Waals surface area contributed by atoms with Gasteiger partial charge in [-0.2, -0.15) is 0 Å². The Morgan fingerprint density at radius 2 is 2.23 bits per heavy atom. The maximum absolute atomic E-state index is 12.3. The highest BCUT2D eigenvalue weighted by atomic mass is 16.5. The molecule has 0 unspecified atom stereocenters. The van der Waals surface area contributed by atoms with Crippen molar-refractivity contribution in [3.63, 3.8) is 0 Å². The Morgan fingerprint density at radius 1 is 1.41 bits per heavy atom. The van der Waals surface area contributed by atoms with Gasteiger partial charge in [0.2, 0.25) is 0 Å². The lowest BCUT2D eigenvalue weighted by Crippen LogP contribution is -2.52. The van der Waals surface area contributed by atoms with Crippen molar-refractivity contribution >= 4 is 11.7 Å². The summed E-state index contributed by atoms with van der Waals surface area (Å²) in [7, 11) is 0. The number of hydrogen-bond donors (Lipinski definition) is 2. The van der Waals surface area contributed by atoms with E-state index < -0.39 is 0 Å². The fourth-order valence-electron chi connectivity index (χ4n) is 2.40. The van der Waals surface area contributed by atoms with Crippen molar-refractivity contribution in [1.82, 2.24) is 14.5 Å². The minimum atomic E-state index is -0.293. The van der Waals surface area contributed by atoms with Crippen molar-refractivity contribution in [2.75, 3.05) is 31.7 Å². The van der Waals surface area contributed by atoms with E-state index in [4.69, 9.17) is 4.74 Å². The van der Waals surface area contributed by atoms with Crippen LogP contribution in [0.1, 0.15) is 0 Å². The van der Waals surface area contributed by atoms with Crippen LogP contribution in [0, 0.1) is 0 Å². The molecule has 7 nitrogen and oxygen atoms in total. The highest BCUT2D eigenvalue weighted by Gasteiger charge is 2.26. The van der Waals surface area contributed by atoms with Crippen LogP contribution in [0.15, 0.2) is 43.0 Å². The highest BCUT2D eigenvalue weighted by Crippen LogP contribution is 2.15. The predicted molar refractivity (Wildman–Crippen MR) is 81.0 cm³/mol. The molecule has 2 N–H and O–H groups in total. The molecule has 0 aliphatic carbocycles. The van der Waals surface area contributed by atoms with Crippen LogP contribution < -0.4 is 5.32 Å². The highest BCUT2D eigenvalue weighted by molar-refractivity contribution is 5.89. The number of hydrogen-bond acceptors (Lipinski definition) is 4. The van der Waals surface area contributed by atoms with Gasteiger partial charge in [0.1, 0.15) is 0 Å². The molecule has 0 radical (unpaired) electrons. The van der Waals surface area contributed by atoms with Crippen LogP contribution in [0.3, 0.4) is 0 Å². The first kappa shape index (κ1) is 14.6. The third-order valence-electron chi connectivity index (χ3n) is 3.62. The van der Waals surface area contributed by atoms with E-state index >= 15 is 0 Å². The van der Waals surface area contributed by atoms with E-state index in [1.54, 1.807) is 17.4 Å². The summed E-state index contributed by atoms with van der Waals surface area (Å²) in [6.45, 7) is 1.23. The summed E-state index contributed by atoms with van der Waals surface area (Å²) < 4.78 is 7.15. The lowest BCUT2D eigenvalue weighted by atomic mass is 10.2. The zero-order valence-corrected chi connectivity index (χ0v) is 12.1. The van der Waals surface area contributed by atoms with Crippen LogP contribution in [0.25, 0.3) is 5.69 Å². The Hall–Kier alpha value is -2.38. The molecule has 0 spiro atoms. The zero-order chi connectivity index (χ0) is 15.4. The standard InChI is InChI=1S/C15H18N4O3/c20-9-14-10-22-8-7-19(14)15(21)17-12-1-3-13(4-2-12)18-6-5-16-11-18/h1-6,11,14,20H,7-10H2,(H,17,21)/t14-/m0/s1. The number of carbonyl (C=O) groups is 1. The molecule has 1 aliphatic heterocycles. The van der Waals surface area contributed by atoms with Crippen molar-refractivity contribution in [2.24, 2.45) is 0 Å². The van der Waals surface area contributed by atoms with E-state index in [0.717, 1.165) is 5.69 Å². The lowest BCUT2D eigenvalue weighted by Gasteiger charge is -2.34. The molecule has 7 heteroatoms. The Bertz CT molecular complexity index is 612. The van der Waals surface area contributed by atoms with Crippen molar-refractivity contribution in [3.8, 4) is 5.69 Å². The molecule has 22 heavy (non-hydrogen) atoms. The van der Waals surface area contributed by atoms with E-state index in [2.05, 4.69) is 10.3 Å². The van der Waals surface area contributed by atoms with Gasteiger partial charge in [-0.15, -0.1) is 0 Å². The molecule has 3 rings (SSSR count). The van der Waals surface area contributed by atoms with E-state index in [9.17, 15) is 9.90 Å². The third-order valence-corrected chi connectivity index (χ3v) is 3.62. The third kappa shape index (κ3) is 3.10. The fourth-order valence-corrected chi connectivity index (χ4v) is 2.40. The van der Waals surface area contributed by atoms with Gasteiger partial charge in [0.15, 0.2) is 0 Å². The molecule has 0 saturated carbocycles. The molecule has 1 saturated heterocycles. The number of aliphatic hydroxyl groups is 1. The number of aliphatic hydroxyl groups excluding tert-OH is 1. The first-order valence-electron chi connectivity index (χ1n) is 7.12. The number of imidazole rings is 1. The summed E-state index contributed by atoms with van der Waals surface area (Å²) >= 11 is 0. The van der Waals surface area contributed by atoms with Crippen LogP contribution in [-0.2, 0) is 4.74 Å². The lowest BCUT2D eigenvalue weighted by molar-refractivity contribution is -0.00485. The molecule has 1 atom stereocenters. The molecule has 0 bridgehead atoms. The number of carbonyl (C=O) groups excluding carboxylic acids is 1. The number of ether oxygens (including phenoxy) is 1. The number of nitrogens with zero attached hydrogens (tertiary/aromatic N) is 3. The summed E-state index contributed by atoms with van der Waals surface area (Å²) in [4.78, 5) is 17.9. The van der Waals surface area contributed by atoms with Crippen molar-refractivity contribution in [3.05, 3.63) is 43.0 Å². The Balaban J connectivity index is 1.66. The van der Waals surface area contributed by atoms with Gasteiger partial charge < -0.3 is 24.6 Å². The van der Waals surface area contributed by atoms with E-state index in [1.165, 1.54) is 0 Å². The topological polar surface area (TPSA) is 79.6 Å². The van der Waals surface area contributed by atoms with Crippen molar-refractivity contribution < 1.29 is 14.6 Å². The molecule has 1 aromatic carbocycles. The summed E-state index contributed by atoms with van der Waals surface area (Å²) in [6.07, 6.45) is 5.28. The second-order valence-electron chi connectivity index (χ2n) is 5.05. The van der Waals surface area contributed by atoms with Gasteiger partial charge in [0.25, 0.3) is 0 Å². The predicted octanol–water partition coefficient (Wildman–Crippen LogP) is 1.10. The maximum Gasteiger partial charge on any atom is 0.322 e. The largest absolute Gasteiger partial charge is 0.394 e. The Labute approximate surface area is 128 Å². The van der Waals surface area contributed by atoms with Crippen LogP contribution in [0.2, 0.25) is 0 Å². The molecule has 1 aliphatic rings. The van der Waals surface area contributed by atoms with Gasteiger partial charge >= 0.3 is 6.03 Å². The van der Waals surface area contributed by atoms with Crippen molar-refractivity contribution in [2.45, 2.75) is 6.04 Å². The first-order chi connectivity index (χ1) is 10.8. The van der Waals surface area contributed by atoms with Gasteiger partial charge in [0, 0.05) is 30.3 Å². The van der Waals surface area contributed by atoms with Crippen LogP contribution in [-0.4, -0.2) is 58.0 Å². The SMILES string of the molecule is O=C(Nc1ccc(-n2ccnc2)cc1)N1CCOC[C@@H]1CO. The number of benzene rings is 1. The molecule has 1 aromatic heterocycles. The zero-order valence-electron chi connectivity index (χ0n) is 12.1. The van der Waals surface area contributed by atoms with Gasteiger partial charge in [-0.3, -0.25) is 0 Å². The molecular formula is C15H18N4O3. The number of urea groups is 1. The monoisotopic (exact) mass is 302 g/mol. The number of aromatic nitrogens is 2. The summed E-state index contributed by atoms with van der Waals surface area (Å²) in [5, 5.41) is 12.2. The normalized spacial score (nSPS) is 18.2. The van der Waals surface area contributed by atoms with Crippen LogP contribution in [0.4, 0.5) is 10.5 Å². The maximum atomic E-state index is 12.3. The number of rotatable bonds is 3. The summed E-state index contributed by atoms with van der Waals surface area (Å²) in [6, 6.07) is 6.96. The molecule has 116 valence electrons. The molecule has 1 fully saturated rings. The van der Waals surface area contributed by atoms with Gasteiger partial charge in [-0.25, -0.2) is 9.78 Å². The fraction of sp³-hybridized carbons (Fsp3) is 0.333. The van der Waals surface area contributed by atoms with E-state index in [1.807, 2.05) is 35.0 Å². The number of nitrogens with one attached hydrogen (secondary N) is 1. The molecule has 2 aromatic rings.